The van der Waals surface area contributed by atoms with Gasteiger partial charge in [0.2, 0.25) is 0 Å². The van der Waals surface area contributed by atoms with Crippen LogP contribution in [0.2, 0.25) is 0 Å². The maximum Gasteiger partial charge on any atom is 0.312 e. The third-order valence-electron chi connectivity index (χ3n) is 3.19. The van der Waals surface area contributed by atoms with Crippen LogP contribution >= 0.6 is 11.3 Å². The second-order valence-corrected chi connectivity index (χ2v) is 5.59. The molecule has 20 heavy (non-hydrogen) atoms. The number of fused-ring (bicyclic) bond motifs is 1. The van der Waals surface area contributed by atoms with E-state index in [0.717, 1.165) is 17.0 Å². The van der Waals surface area contributed by atoms with Crippen molar-refractivity contribution in [2.24, 2.45) is 0 Å². The molecule has 104 valence electrons. The molecule has 0 saturated carbocycles. The number of hydrogen-bond acceptors (Lipinski definition) is 4. The Bertz CT molecular complexity index is 687. The third kappa shape index (κ3) is 2.24. The molecule has 0 amide bonds. The molecule has 1 atom stereocenters. The molecule has 3 rings (SSSR count). The summed E-state index contributed by atoms with van der Waals surface area (Å²) in [6, 6.07) is 3.21. The smallest absolute Gasteiger partial charge is 0.312 e. The number of carbonyl (C=O) groups is 1. The van der Waals surface area contributed by atoms with E-state index in [4.69, 9.17) is 5.11 Å². The van der Waals surface area contributed by atoms with Crippen LogP contribution in [0.1, 0.15) is 22.9 Å². The molecule has 2 N–H and O–H groups in total. The van der Waals surface area contributed by atoms with Crippen molar-refractivity contribution < 1.29 is 18.7 Å². The van der Waals surface area contributed by atoms with Gasteiger partial charge >= 0.3 is 5.97 Å². The minimum atomic E-state index is -0.895. The van der Waals surface area contributed by atoms with Gasteiger partial charge in [0.1, 0.15) is 17.6 Å². The van der Waals surface area contributed by atoms with E-state index in [0.29, 0.717) is 23.7 Å². The van der Waals surface area contributed by atoms with E-state index in [1.807, 2.05) is 0 Å². The Morgan fingerprint density at radius 2 is 2.25 bits per heavy atom. The summed E-state index contributed by atoms with van der Waals surface area (Å²) in [5.74, 6) is -2.85. The van der Waals surface area contributed by atoms with E-state index < -0.39 is 23.5 Å². The molecule has 1 aliphatic rings. The highest BCUT2D eigenvalue weighted by Gasteiger charge is 2.32. The average Bonchev–Trinajstić information content (AvgIpc) is 2.91. The van der Waals surface area contributed by atoms with Gasteiger partial charge in [0.15, 0.2) is 5.13 Å². The van der Waals surface area contributed by atoms with Gasteiger partial charge in [0.05, 0.1) is 11.4 Å². The topological polar surface area (TPSA) is 62.2 Å². The van der Waals surface area contributed by atoms with Gasteiger partial charge in [-0.15, -0.1) is 11.3 Å². The Morgan fingerprint density at radius 1 is 1.45 bits per heavy atom. The van der Waals surface area contributed by atoms with E-state index in [-0.39, 0.29) is 5.69 Å². The molecule has 1 aromatic heterocycles. The first-order valence-corrected chi connectivity index (χ1v) is 6.80. The number of aryl methyl sites for hydroxylation is 1. The Hall–Kier alpha value is -2.02. The van der Waals surface area contributed by atoms with Gasteiger partial charge in [-0.05, 0) is 25.0 Å². The van der Waals surface area contributed by atoms with Crippen LogP contribution in [0.15, 0.2) is 18.2 Å². The average molecular weight is 296 g/mol. The number of benzene rings is 1. The monoisotopic (exact) mass is 296 g/mol. The van der Waals surface area contributed by atoms with Gasteiger partial charge in [-0.1, -0.05) is 0 Å². The van der Waals surface area contributed by atoms with Gasteiger partial charge < -0.3 is 10.4 Å². The summed E-state index contributed by atoms with van der Waals surface area (Å²) >= 11 is 1.30. The molecule has 4 nitrogen and oxygen atoms in total. The third-order valence-corrected chi connectivity index (χ3v) is 4.23. The van der Waals surface area contributed by atoms with Gasteiger partial charge in [0, 0.05) is 10.9 Å². The number of aliphatic carboxylic acids is 1. The van der Waals surface area contributed by atoms with Crippen LogP contribution in [0, 0.1) is 11.6 Å². The van der Waals surface area contributed by atoms with Crippen molar-refractivity contribution in [3.63, 3.8) is 0 Å². The van der Waals surface area contributed by atoms with Gasteiger partial charge in [-0.25, -0.2) is 13.8 Å². The van der Waals surface area contributed by atoms with Crippen molar-refractivity contribution in [3.05, 3.63) is 40.4 Å². The maximum atomic E-state index is 13.5. The standard InChI is InChI=1S/C13H10F2N2O2S/c14-6-1-3-9(8(15)5-6)16-13-17-11-7(12(18)19)2-4-10(11)20-13/h1,3,5,7H,2,4H2,(H,16,17)(H,18,19). The fourth-order valence-corrected chi connectivity index (χ4v) is 3.28. The SMILES string of the molecule is O=C(O)C1CCc2sc(Nc3ccc(F)cc3F)nc21. The molecule has 0 saturated heterocycles. The minimum absolute atomic E-state index is 0.116. The first kappa shape index (κ1) is 13.0. The number of halogens is 2. The molecule has 0 aliphatic heterocycles. The van der Waals surface area contributed by atoms with E-state index in [2.05, 4.69) is 10.3 Å². The number of carboxylic acid groups (broad SMARTS) is 1. The summed E-state index contributed by atoms with van der Waals surface area (Å²) in [4.78, 5) is 16.2. The number of nitrogens with one attached hydrogen (secondary N) is 1. The van der Waals surface area contributed by atoms with Crippen LogP contribution < -0.4 is 5.32 Å². The van der Waals surface area contributed by atoms with Crippen LogP contribution in [0.25, 0.3) is 0 Å². The lowest BCUT2D eigenvalue weighted by molar-refractivity contribution is -0.138. The zero-order valence-electron chi connectivity index (χ0n) is 10.2. The lowest BCUT2D eigenvalue weighted by Gasteiger charge is -2.05. The fraction of sp³-hybridized carbons (Fsp3) is 0.231. The quantitative estimate of drug-likeness (QED) is 0.912. The maximum absolute atomic E-state index is 13.5. The summed E-state index contributed by atoms with van der Waals surface area (Å²) < 4.78 is 26.3. The first-order chi connectivity index (χ1) is 9.54. The fourth-order valence-electron chi connectivity index (χ4n) is 2.23. The van der Waals surface area contributed by atoms with Gasteiger partial charge in [-0.3, -0.25) is 4.79 Å². The van der Waals surface area contributed by atoms with E-state index in [9.17, 15) is 13.6 Å². The summed E-state index contributed by atoms with van der Waals surface area (Å²) in [6.07, 6.45) is 1.21. The van der Waals surface area contributed by atoms with Gasteiger partial charge in [0.25, 0.3) is 0 Å². The highest BCUT2D eigenvalue weighted by atomic mass is 32.1. The number of thiazole rings is 1. The second-order valence-electron chi connectivity index (χ2n) is 4.51. The van der Waals surface area contributed by atoms with Crippen molar-refractivity contribution in [1.82, 2.24) is 4.98 Å². The predicted molar refractivity (Wildman–Crippen MR) is 70.5 cm³/mol. The molecule has 0 fully saturated rings. The lowest BCUT2D eigenvalue weighted by Crippen LogP contribution is -2.08. The molecular formula is C13H10F2N2O2S. The zero-order chi connectivity index (χ0) is 14.3. The number of aromatic nitrogens is 1. The zero-order valence-corrected chi connectivity index (χ0v) is 11.0. The Balaban J connectivity index is 1.86. The number of rotatable bonds is 3. The highest BCUT2D eigenvalue weighted by Crippen LogP contribution is 2.39. The van der Waals surface area contributed by atoms with E-state index in [1.165, 1.54) is 17.4 Å². The van der Waals surface area contributed by atoms with Gasteiger partial charge in [-0.2, -0.15) is 0 Å². The molecule has 1 heterocycles. The number of nitrogens with zero attached hydrogens (tertiary/aromatic N) is 1. The van der Waals surface area contributed by atoms with Crippen molar-refractivity contribution in [2.75, 3.05) is 5.32 Å². The second kappa shape index (κ2) is 4.82. The number of hydrogen-bond donors (Lipinski definition) is 2. The normalized spacial score (nSPS) is 17.0. The summed E-state index contributed by atoms with van der Waals surface area (Å²) in [5, 5.41) is 12.3. The molecular weight excluding hydrogens is 286 g/mol. The van der Waals surface area contributed by atoms with Crippen LogP contribution in [-0.4, -0.2) is 16.1 Å². The van der Waals surface area contributed by atoms with Crippen molar-refractivity contribution in [2.45, 2.75) is 18.8 Å². The molecule has 0 radical (unpaired) electrons. The summed E-state index contributed by atoms with van der Waals surface area (Å²) in [7, 11) is 0. The Labute approximate surface area is 117 Å². The highest BCUT2D eigenvalue weighted by molar-refractivity contribution is 7.15. The molecule has 0 bridgehead atoms. The first-order valence-electron chi connectivity index (χ1n) is 5.99. The summed E-state index contributed by atoms with van der Waals surface area (Å²) in [5.41, 5.74) is 0.665. The Morgan fingerprint density at radius 3 is 2.95 bits per heavy atom. The number of anilines is 2. The summed E-state index contributed by atoms with van der Waals surface area (Å²) in [6.45, 7) is 0. The van der Waals surface area contributed by atoms with Crippen LogP contribution in [-0.2, 0) is 11.2 Å². The van der Waals surface area contributed by atoms with E-state index >= 15 is 0 Å². The van der Waals surface area contributed by atoms with Crippen LogP contribution in [0.5, 0.6) is 0 Å². The van der Waals surface area contributed by atoms with Crippen molar-refractivity contribution in [3.8, 4) is 0 Å². The Kier molecular flexibility index (Phi) is 3.13. The molecule has 1 aromatic carbocycles. The largest absolute Gasteiger partial charge is 0.481 e. The van der Waals surface area contributed by atoms with Crippen LogP contribution in [0.4, 0.5) is 19.6 Å². The molecule has 2 aromatic rings. The van der Waals surface area contributed by atoms with E-state index in [1.54, 1.807) is 0 Å². The molecule has 7 heteroatoms. The lowest BCUT2D eigenvalue weighted by atomic mass is 10.1. The van der Waals surface area contributed by atoms with Crippen LogP contribution in [0.3, 0.4) is 0 Å². The molecule has 1 aliphatic carbocycles. The van der Waals surface area contributed by atoms with Crippen molar-refractivity contribution >= 4 is 28.1 Å². The van der Waals surface area contributed by atoms with Crippen molar-refractivity contribution in [1.29, 1.82) is 0 Å². The molecule has 1 unspecified atom stereocenters. The predicted octanol–water partition coefficient (Wildman–Crippen LogP) is 3.28. The number of carboxylic acids is 1. The molecule has 0 spiro atoms. The minimum Gasteiger partial charge on any atom is -0.481 e.